The highest BCUT2D eigenvalue weighted by Crippen LogP contribution is 2.28. The van der Waals surface area contributed by atoms with Gasteiger partial charge in [0.05, 0.1) is 21.8 Å². The second kappa shape index (κ2) is 9.67. The van der Waals surface area contributed by atoms with Crippen molar-refractivity contribution in [3.05, 3.63) is 74.9 Å². The summed E-state index contributed by atoms with van der Waals surface area (Å²) in [5.74, 6) is -0.465. The van der Waals surface area contributed by atoms with Crippen molar-refractivity contribution in [1.82, 2.24) is 5.43 Å². The third-order valence-corrected chi connectivity index (χ3v) is 4.59. The molecule has 0 spiro atoms. The second-order valence-electron chi connectivity index (χ2n) is 5.86. The van der Waals surface area contributed by atoms with Gasteiger partial charge in [0.25, 0.3) is 5.91 Å². The Morgan fingerprint density at radius 2 is 1.87 bits per heavy atom. The first kappa shape index (κ1) is 21.7. The molecule has 1 aromatic heterocycles. The van der Waals surface area contributed by atoms with Crippen LogP contribution < -0.4 is 10.2 Å². The number of benzene rings is 2. The van der Waals surface area contributed by atoms with E-state index in [2.05, 4.69) is 10.5 Å². The van der Waals surface area contributed by atoms with Crippen LogP contribution >= 0.6 is 34.8 Å². The smallest absolute Gasteiger partial charge is 0.337 e. The summed E-state index contributed by atoms with van der Waals surface area (Å²) in [4.78, 5) is 22.8. The Kier molecular flexibility index (Phi) is 6.99. The topological polar surface area (TPSA) is 101 Å². The minimum atomic E-state index is -1.11. The predicted octanol–water partition coefficient (Wildman–Crippen LogP) is 5.13. The molecule has 0 aliphatic carbocycles. The van der Waals surface area contributed by atoms with Crippen LogP contribution in [0.15, 0.2) is 58.0 Å². The van der Waals surface area contributed by atoms with Gasteiger partial charge in [0.2, 0.25) is 0 Å². The first-order valence-corrected chi connectivity index (χ1v) is 9.49. The van der Waals surface area contributed by atoms with E-state index in [4.69, 9.17) is 49.1 Å². The van der Waals surface area contributed by atoms with Gasteiger partial charge < -0.3 is 14.3 Å². The molecule has 0 atom stereocenters. The van der Waals surface area contributed by atoms with Crippen molar-refractivity contribution < 1.29 is 23.8 Å². The summed E-state index contributed by atoms with van der Waals surface area (Å²) >= 11 is 17.7. The standard InChI is InChI=1S/C20H13Cl3N2O5/c21-12-2-5-18(16(23)8-12)29-10-19(26)25-24-9-13-3-6-17(30-13)11-1-4-14(20(27)28)15(22)7-11/h1-9H,10H2,(H,25,26)(H,27,28)/b24-9-. The first-order valence-electron chi connectivity index (χ1n) is 8.36. The number of hydrogen-bond donors (Lipinski definition) is 2. The number of rotatable bonds is 7. The minimum absolute atomic E-state index is 0.00132. The molecule has 7 nitrogen and oxygen atoms in total. The number of carboxylic acids is 1. The molecule has 0 bridgehead atoms. The fourth-order valence-corrected chi connectivity index (χ4v) is 3.08. The number of carboxylic acid groups (broad SMARTS) is 1. The van der Waals surface area contributed by atoms with Gasteiger partial charge in [-0.05, 0) is 42.5 Å². The lowest BCUT2D eigenvalue weighted by Crippen LogP contribution is -2.24. The number of nitrogens with one attached hydrogen (secondary N) is 1. The lowest BCUT2D eigenvalue weighted by Gasteiger charge is -2.06. The maximum Gasteiger partial charge on any atom is 0.337 e. The zero-order valence-corrected chi connectivity index (χ0v) is 17.3. The van der Waals surface area contributed by atoms with Crippen molar-refractivity contribution >= 4 is 52.9 Å². The molecule has 10 heteroatoms. The number of carbonyl (C=O) groups is 2. The molecule has 2 aromatic carbocycles. The number of furan rings is 1. The Labute approximate surface area is 185 Å². The largest absolute Gasteiger partial charge is 0.482 e. The van der Waals surface area contributed by atoms with Gasteiger partial charge in [-0.15, -0.1) is 0 Å². The van der Waals surface area contributed by atoms with E-state index in [1.165, 1.54) is 24.4 Å². The van der Waals surface area contributed by atoms with Gasteiger partial charge in [0.15, 0.2) is 6.61 Å². The summed E-state index contributed by atoms with van der Waals surface area (Å²) in [7, 11) is 0. The van der Waals surface area contributed by atoms with E-state index < -0.39 is 11.9 Å². The van der Waals surface area contributed by atoms with Crippen molar-refractivity contribution in [1.29, 1.82) is 0 Å². The average molecular weight is 468 g/mol. The Morgan fingerprint density at radius 3 is 2.57 bits per heavy atom. The number of nitrogens with zero attached hydrogens (tertiary/aromatic N) is 1. The molecule has 0 saturated carbocycles. The quantitative estimate of drug-likeness (QED) is 0.370. The van der Waals surface area contributed by atoms with Crippen LogP contribution in [0.2, 0.25) is 15.1 Å². The molecule has 0 aliphatic heterocycles. The molecular weight excluding hydrogens is 455 g/mol. The van der Waals surface area contributed by atoms with E-state index in [-0.39, 0.29) is 17.2 Å². The summed E-state index contributed by atoms with van der Waals surface area (Å²) in [5.41, 5.74) is 2.90. The molecule has 1 amide bonds. The Hall–Kier alpha value is -3.00. The van der Waals surface area contributed by atoms with Crippen molar-refractivity contribution in [2.24, 2.45) is 5.10 Å². The lowest BCUT2D eigenvalue weighted by atomic mass is 10.1. The Balaban J connectivity index is 1.56. The van der Waals surface area contributed by atoms with Crippen LogP contribution in [-0.2, 0) is 4.79 Å². The van der Waals surface area contributed by atoms with Gasteiger partial charge >= 0.3 is 5.97 Å². The molecule has 0 unspecified atom stereocenters. The van der Waals surface area contributed by atoms with Gasteiger partial charge in [-0.25, -0.2) is 10.2 Å². The Bertz CT molecular complexity index is 1130. The fraction of sp³-hybridized carbons (Fsp3) is 0.0500. The van der Waals surface area contributed by atoms with Gasteiger partial charge in [-0.3, -0.25) is 4.79 Å². The third-order valence-electron chi connectivity index (χ3n) is 3.74. The molecule has 154 valence electrons. The average Bonchev–Trinajstić information content (AvgIpc) is 3.16. The molecule has 0 radical (unpaired) electrons. The van der Waals surface area contributed by atoms with Gasteiger partial charge in [-0.1, -0.05) is 40.9 Å². The molecule has 1 heterocycles. The summed E-state index contributed by atoms with van der Waals surface area (Å²) in [6, 6.07) is 12.4. The van der Waals surface area contributed by atoms with Crippen molar-refractivity contribution in [3.8, 4) is 17.1 Å². The van der Waals surface area contributed by atoms with E-state index in [0.717, 1.165) is 0 Å². The van der Waals surface area contributed by atoms with E-state index in [1.54, 1.807) is 30.3 Å². The highest BCUT2D eigenvalue weighted by atomic mass is 35.5. The highest BCUT2D eigenvalue weighted by molar-refractivity contribution is 6.35. The summed E-state index contributed by atoms with van der Waals surface area (Å²) < 4.78 is 10.9. The minimum Gasteiger partial charge on any atom is -0.482 e. The van der Waals surface area contributed by atoms with Crippen LogP contribution in [-0.4, -0.2) is 29.8 Å². The maximum atomic E-state index is 11.8. The lowest BCUT2D eigenvalue weighted by molar-refractivity contribution is -0.123. The maximum absolute atomic E-state index is 11.8. The third kappa shape index (κ3) is 5.54. The number of amides is 1. The molecular formula is C20H13Cl3N2O5. The van der Waals surface area contributed by atoms with Gasteiger partial charge in [-0.2, -0.15) is 5.10 Å². The SMILES string of the molecule is O=C(COc1ccc(Cl)cc1Cl)N/N=C\c1ccc(-c2ccc(C(=O)O)c(Cl)c2)o1. The first-order chi connectivity index (χ1) is 14.3. The molecule has 2 N–H and O–H groups in total. The van der Waals surface area contributed by atoms with E-state index in [9.17, 15) is 9.59 Å². The normalized spacial score (nSPS) is 10.9. The van der Waals surface area contributed by atoms with Crippen LogP contribution in [0.4, 0.5) is 0 Å². The predicted molar refractivity (Wildman–Crippen MR) is 114 cm³/mol. The number of carbonyl (C=O) groups excluding carboxylic acids is 1. The number of aromatic carboxylic acids is 1. The van der Waals surface area contributed by atoms with E-state index in [1.807, 2.05) is 0 Å². The van der Waals surface area contributed by atoms with Crippen molar-refractivity contribution in [2.45, 2.75) is 0 Å². The summed E-state index contributed by atoms with van der Waals surface area (Å²) in [5, 5.41) is 13.7. The van der Waals surface area contributed by atoms with E-state index in [0.29, 0.717) is 32.9 Å². The molecule has 0 saturated heterocycles. The number of hydrazone groups is 1. The molecule has 3 aromatic rings. The Morgan fingerprint density at radius 1 is 1.07 bits per heavy atom. The summed E-state index contributed by atoms with van der Waals surface area (Å²) in [6.07, 6.45) is 1.31. The van der Waals surface area contributed by atoms with Crippen LogP contribution in [0, 0.1) is 0 Å². The van der Waals surface area contributed by atoms with Crippen LogP contribution in [0.5, 0.6) is 5.75 Å². The summed E-state index contributed by atoms with van der Waals surface area (Å²) in [6.45, 7) is -0.295. The second-order valence-corrected chi connectivity index (χ2v) is 7.11. The van der Waals surface area contributed by atoms with Gasteiger partial charge in [0.1, 0.15) is 17.3 Å². The number of hydrogen-bond acceptors (Lipinski definition) is 5. The van der Waals surface area contributed by atoms with Gasteiger partial charge in [0, 0.05) is 10.6 Å². The van der Waals surface area contributed by atoms with E-state index >= 15 is 0 Å². The monoisotopic (exact) mass is 466 g/mol. The van der Waals surface area contributed by atoms with Crippen LogP contribution in [0.25, 0.3) is 11.3 Å². The zero-order valence-electron chi connectivity index (χ0n) is 15.1. The molecule has 30 heavy (non-hydrogen) atoms. The zero-order chi connectivity index (χ0) is 21.7. The van der Waals surface area contributed by atoms with Crippen molar-refractivity contribution in [2.75, 3.05) is 6.61 Å². The van der Waals surface area contributed by atoms with Crippen molar-refractivity contribution in [3.63, 3.8) is 0 Å². The van der Waals surface area contributed by atoms with Crippen LogP contribution in [0.3, 0.4) is 0 Å². The molecule has 0 fully saturated rings. The molecule has 0 aliphatic rings. The fourth-order valence-electron chi connectivity index (χ4n) is 2.35. The highest BCUT2D eigenvalue weighted by Gasteiger charge is 2.11. The number of halogens is 3. The number of ether oxygens (including phenoxy) is 1. The molecule has 3 rings (SSSR count). The van der Waals surface area contributed by atoms with Crippen LogP contribution in [0.1, 0.15) is 16.1 Å².